The van der Waals surface area contributed by atoms with Crippen LogP contribution in [0.25, 0.3) is 11.3 Å². The number of hydrogen-bond donors (Lipinski definition) is 1. The Morgan fingerprint density at radius 3 is 2.56 bits per heavy atom. The minimum absolute atomic E-state index is 0.0258. The van der Waals surface area contributed by atoms with E-state index in [1.165, 1.54) is 12.3 Å². The summed E-state index contributed by atoms with van der Waals surface area (Å²) in [6, 6.07) is 5.48. The number of hydrogen-bond acceptors (Lipinski definition) is 6. The molecule has 0 spiro atoms. The Morgan fingerprint density at radius 2 is 1.94 bits per heavy atom. The third kappa shape index (κ3) is 4.00. The lowest BCUT2D eigenvalue weighted by molar-refractivity contribution is 0.0694. The first kappa shape index (κ1) is 22.4. The highest BCUT2D eigenvalue weighted by molar-refractivity contribution is 5.88. The van der Waals surface area contributed by atoms with Gasteiger partial charge in [0, 0.05) is 50.6 Å². The van der Waals surface area contributed by atoms with Crippen molar-refractivity contribution in [2.75, 3.05) is 32.4 Å². The van der Waals surface area contributed by atoms with Crippen molar-refractivity contribution in [2.45, 2.75) is 51.3 Å². The van der Waals surface area contributed by atoms with Gasteiger partial charge in [-0.05, 0) is 37.0 Å². The number of aromatic nitrogens is 1. The van der Waals surface area contributed by atoms with Gasteiger partial charge in [-0.25, -0.2) is 4.79 Å². The molecule has 1 aromatic carbocycles. The highest BCUT2D eigenvalue weighted by Crippen LogP contribution is 2.47. The molecule has 1 N–H and O–H groups in total. The van der Waals surface area contributed by atoms with E-state index in [-0.39, 0.29) is 11.1 Å². The number of nitrogens with zero attached hydrogens (tertiary/aromatic N) is 2. The Balaban J connectivity index is 1.83. The van der Waals surface area contributed by atoms with E-state index < -0.39 is 11.4 Å². The zero-order chi connectivity index (χ0) is 22.9. The van der Waals surface area contributed by atoms with Crippen molar-refractivity contribution in [3.63, 3.8) is 0 Å². The van der Waals surface area contributed by atoms with Crippen molar-refractivity contribution in [3.05, 3.63) is 51.3 Å². The molecule has 0 radical (unpaired) electrons. The number of aromatic carboxylic acids is 1. The van der Waals surface area contributed by atoms with Crippen LogP contribution in [0.4, 0.5) is 0 Å². The highest BCUT2D eigenvalue weighted by Gasteiger charge is 2.48. The van der Waals surface area contributed by atoms with Gasteiger partial charge < -0.3 is 24.3 Å². The number of carboxylic acids is 1. The number of pyridine rings is 1. The molecule has 8 heteroatoms. The van der Waals surface area contributed by atoms with Crippen molar-refractivity contribution in [2.24, 2.45) is 0 Å². The molecular formula is C24H30N2O6. The van der Waals surface area contributed by atoms with E-state index in [1.807, 2.05) is 16.8 Å². The van der Waals surface area contributed by atoms with E-state index in [2.05, 4.69) is 11.9 Å². The van der Waals surface area contributed by atoms with Crippen LogP contribution in [0.5, 0.6) is 5.75 Å². The van der Waals surface area contributed by atoms with E-state index in [1.54, 1.807) is 14.2 Å². The third-order valence-electron chi connectivity index (χ3n) is 6.49. The molecule has 0 atom stereocenters. The lowest BCUT2D eigenvalue weighted by Gasteiger charge is -2.41. The minimum Gasteiger partial charge on any atom is -0.493 e. The molecule has 1 aliphatic heterocycles. The van der Waals surface area contributed by atoms with Crippen molar-refractivity contribution in [3.8, 4) is 17.0 Å². The topological polar surface area (TPSA) is 90.2 Å². The molecule has 0 amide bonds. The van der Waals surface area contributed by atoms with Crippen molar-refractivity contribution in [1.82, 2.24) is 4.68 Å². The molecule has 1 fully saturated rings. The molecular weight excluding hydrogens is 412 g/mol. The van der Waals surface area contributed by atoms with Gasteiger partial charge in [-0.15, -0.1) is 0 Å². The van der Waals surface area contributed by atoms with E-state index in [0.29, 0.717) is 32.1 Å². The number of carbonyl (C=O) groups is 1. The summed E-state index contributed by atoms with van der Waals surface area (Å²) in [4.78, 5) is 24.2. The van der Waals surface area contributed by atoms with Crippen LogP contribution in [0.2, 0.25) is 0 Å². The second-order valence-corrected chi connectivity index (χ2v) is 8.47. The average molecular weight is 443 g/mol. The molecule has 8 nitrogen and oxygen atoms in total. The lowest BCUT2D eigenvalue weighted by Crippen LogP contribution is -2.48. The Morgan fingerprint density at radius 1 is 1.16 bits per heavy atom. The summed E-state index contributed by atoms with van der Waals surface area (Å²) < 4.78 is 18.4. The van der Waals surface area contributed by atoms with Crippen molar-refractivity contribution in [1.29, 1.82) is 0 Å². The fourth-order valence-corrected chi connectivity index (χ4v) is 4.48. The molecule has 172 valence electrons. The second kappa shape index (κ2) is 8.96. The monoisotopic (exact) mass is 442 g/mol. The van der Waals surface area contributed by atoms with Crippen molar-refractivity contribution < 1.29 is 24.1 Å². The first-order valence-corrected chi connectivity index (χ1v) is 11.0. The van der Waals surface area contributed by atoms with Gasteiger partial charge in [0.2, 0.25) is 0 Å². The number of ether oxygens (including phenoxy) is 3. The standard InChI is InChI=1S/C24H30N2O6/c1-4-24(6-7-24)26-13-16-11-22(32-9-5-8-30-2)17(15-31-3)10-18(16)20-12-21(27)19(23(28)29)14-25(20)26/h10-12,14H,4-9,13,15H2,1-3H3,(H,28,29). The number of fused-ring (bicyclic) bond motifs is 3. The summed E-state index contributed by atoms with van der Waals surface area (Å²) in [6.07, 6.45) is 5.27. The Kier molecular flexibility index (Phi) is 6.26. The summed E-state index contributed by atoms with van der Waals surface area (Å²) in [7, 11) is 3.30. The van der Waals surface area contributed by atoms with Gasteiger partial charge in [-0.3, -0.25) is 9.47 Å². The molecule has 32 heavy (non-hydrogen) atoms. The fourth-order valence-electron chi connectivity index (χ4n) is 4.48. The Labute approximate surface area is 187 Å². The second-order valence-electron chi connectivity index (χ2n) is 8.47. The van der Waals surface area contributed by atoms with Crippen LogP contribution >= 0.6 is 0 Å². The molecule has 0 saturated heterocycles. The van der Waals surface area contributed by atoms with Gasteiger partial charge in [0.25, 0.3) is 0 Å². The molecule has 1 aromatic heterocycles. The van der Waals surface area contributed by atoms with Crippen molar-refractivity contribution >= 4 is 5.97 Å². The van der Waals surface area contributed by atoms with Crippen LogP contribution in [-0.4, -0.2) is 48.7 Å². The highest BCUT2D eigenvalue weighted by atomic mass is 16.5. The number of methoxy groups -OCH3 is 2. The summed E-state index contributed by atoms with van der Waals surface area (Å²) in [5, 5.41) is 11.7. The molecule has 2 heterocycles. The lowest BCUT2D eigenvalue weighted by atomic mass is 9.96. The van der Waals surface area contributed by atoms with E-state index in [9.17, 15) is 14.7 Å². The molecule has 2 aromatic rings. The van der Waals surface area contributed by atoms with Crippen LogP contribution < -0.4 is 15.2 Å². The predicted molar refractivity (Wildman–Crippen MR) is 120 cm³/mol. The molecule has 0 bridgehead atoms. The zero-order valence-corrected chi connectivity index (χ0v) is 18.8. The number of rotatable bonds is 10. The van der Waals surface area contributed by atoms with E-state index in [4.69, 9.17) is 14.2 Å². The van der Waals surface area contributed by atoms with Crippen LogP contribution in [-0.2, 0) is 22.6 Å². The summed E-state index contributed by atoms with van der Waals surface area (Å²) in [6.45, 7) is 4.28. The maximum atomic E-state index is 12.6. The van der Waals surface area contributed by atoms with Gasteiger partial charge in [-0.2, -0.15) is 0 Å². The van der Waals surface area contributed by atoms with Gasteiger partial charge >= 0.3 is 5.97 Å². The van der Waals surface area contributed by atoms with E-state index in [0.717, 1.165) is 48.1 Å². The smallest absolute Gasteiger partial charge is 0.341 e. The summed E-state index contributed by atoms with van der Waals surface area (Å²) in [5.41, 5.74) is 2.80. The summed E-state index contributed by atoms with van der Waals surface area (Å²) in [5.74, 6) is -0.446. The average Bonchev–Trinajstić information content (AvgIpc) is 3.57. The van der Waals surface area contributed by atoms with Crippen LogP contribution in [0.3, 0.4) is 0 Å². The molecule has 4 rings (SSSR count). The fraction of sp³-hybridized carbons (Fsp3) is 0.500. The van der Waals surface area contributed by atoms with Gasteiger partial charge in [0.05, 0.1) is 31.0 Å². The van der Waals surface area contributed by atoms with Gasteiger partial charge in [-0.1, -0.05) is 6.92 Å². The number of carboxylic acid groups (broad SMARTS) is 1. The van der Waals surface area contributed by atoms with Crippen LogP contribution in [0.15, 0.2) is 29.2 Å². The normalized spacial score (nSPS) is 15.8. The minimum atomic E-state index is -1.21. The molecule has 1 saturated carbocycles. The largest absolute Gasteiger partial charge is 0.493 e. The van der Waals surface area contributed by atoms with E-state index >= 15 is 0 Å². The SMILES string of the molecule is CCC1(N2Cc3cc(OCCCOC)c(COC)cc3-c3cc(=O)c(C(=O)O)cn32)CC1. The Bertz CT molecular complexity index is 1070. The maximum absolute atomic E-state index is 12.6. The first-order chi connectivity index (χ1) is 15.4. The maximum Gasteiger partial charge on any atom is 0.341 e. The Hall–Kier alpha value is -2.84. The third-order valence-corrected chi connectivity index (χ3v) is 6.49. The molecule has 0 unspecified atom stereocenters. The first-order valence-electron chi connectivity index (χ1n) is 11.0. The summed E-state index contributed by atoms with van der Waals surface area (Å²) >= 11 is 0. The van der Waals surface area contributed by atoms with Crippen LogP contribution in [0.1, 0.15) is 54.1 Å². The quantitative estimate of drug-likeness (QED) is 0.565. The van der Waals surface area contributed by atoms with Gasteiger partial charge in [0.1, 0.15) is 11.3 Å². The van der Waals surface area contributed by atoms with Gasteiger partial charge in [0.15, 0.2) is 5.43 Å². The van der Waals surface area contributed by atoms with Crippen LogP contribution in [0, 0.1) is 0 Å². The zero-order valence-electron chi connectivity index (χ0n) is 18.8. The number of benzene rings is 1. The molecule has 1 aliphatic carbocycles. The molecule has 2 aliphatic rings. The predicted octanol–water partition coefficient (Wildman–Crippen LogP) is 3.17.